The summed E-state index contributed by atoms with van der Waals surface area (Å²) in [5.41, 5.74) is 8.16. The monoisotopic (exact) mass is 317 g/mol. The molecule has 0 fully saturated rings. The van der Waals surface area contributed by atoms with Gasteiger partial charge in [-0.05, 0) is 26.8 Å². The number of hydrogen-bond donors (Lipinski definition) is 1. The van der Waals surface area contributed by atoms with E-state index in [-0.39, 0.29) is 23.8 Å². The average Bonchev–Trinajstić information content (AvgIpc) is 2.98. The van der Waals surface area contributed by atoms with Crippen molar-refractivity contribution in [2.24, 2.45) is 0 Å². The SMILES string of the molecule is C=CCn1c(C)cc(C(=O)COC(=O)c2c(C)noc2N)c1C. The van der Waals surface area contributed by atoms with E-state index in [0.717, 1.165) is 11.4 Å². The lowest BCUT2D eigenvalue weighted by atomic mass is 10.1. The Labute approximate surface area is 133 Å². The fourth-order valence-corrected chi connectivity index (χ4v) is 2.41. The number of carbonyl (C=O) groups is 2. The minimum atomic E-state index is -0.727. The van der Waals surface area contributed by atoms with Crippen molar-refractivity contribution < 1.29 is 18.8 Å². The Morgan fingerprint density at radius 3 is 2.70 bits per heavy atom. The van der Waals surface area contributed by atoms with Crippen molar-refractivity contribution in [3.8, 4) is 0 Å². The number of nitrogens with zero attached hydrogens (tertiary/aromatic N) is 2. The van der Waals surface area contributed by atoms with Gasteiger partial charge in [-0.2, -0.15) is 0 Å². The molecule has 2 rings (SSSR count). The van der Waals surface area contributed by atoms with Gasteiger partial charge in [0, 0.05) is 23.5 Å². The van der Waals surface area contributed by atoms with E-state index in [1.807, 2.05) is 18.4 Å². The zero-order chi connectivity index (χ0) is 17.1. The zero-order valence-electron chi connectivity index (χ0n) is 13.4. The maximum Gasteiger partial charge on any atom is 0.346 e. The van der Waals surface area contributed by atoms with Crippen LogP contribution in [-0.2, 0) is 11.3 Å². The second-order valence-corrected chi connectivity index (χ2v) is 5.19. The normalized spacial score (nSPS) is 10.6. The first kappa shape index (κ1) is 16.5. The number of rotatable bonds is 6. The van der Waals surface area contributed by atoms with E-state index < -0.39 is 5.97 Å². The number of allylic oxidation sites excluding steroid dienone is 1. The molecule has 0 aliphatic carbocycles. The number of ketones is 1. The molecule has 0 aliphatic rings. The van der Waals surface area contributed by atoms with Gasteiger partial charge in [0.05, 0.1) is 5.69 Å². The number of esters is 1. The summed E-state index contributed by atoms with van der Waals surface area (Å²) in [5, 5.41) is 3.57. The lowest BCUT2D eigenvalue weighted by Crippen LogP contribution is -2.16. The lowest BCUT2D eigenvalue weighted by Gasteiger charge is -2.06. The molecule has 0 bridgehead atoms. The first-order valence-corrected chi connectivity index (χ1v) is 7.06. The third-order valence-corrected chi connectivity index (χ3v) is 3.61. The van der Waals surface area contributed by atoms with Crippen molar-refractivity contribution in [2.75, 3.05) is 12.3 Å². The molecule has 2 aromatic heterocycles. The molecule has 7 nitrogen and oxygen atoms in total. The number of aryl methyl sites for hydroxylation is 2. The molecular formula is C16H19N3O4. The molecule has 122 valence electrons. The van der Waals surface area contributed by atoms with Gasteiger partial charge in [0.1, 0.15) is 5.56 Å². The highest BCUT2D eigenvalue weighted by atomic mass is 16.5. The van der Waals surface area contributed by atoms with E-state index in [0.29, 0.717) is 17.8 Å². The van der Waals surface area contributed by atoms with Crippen LogP contribution in [0.4, 0.5) is 5.88 Å². The standard InChI is InChI=1S/C16H19N3O4/c1-5-6-19-9(2)7-12(11(19)4)13(20)8-22-16(21)14-10(3)18-23-15(14)17/h5,7H,1,6,8,17H2,2-4H3. The number of hydrogen-bond acceptors (Lipinski definition) is 6. The molecule has 0 saturated heterocycles. The van der Waals surface area contributed by atoms with Crippen LogP contribution in [0.1, 0.15) is 37.8 Å². The quantitative estimate of drug-likeness (QED) is 0.498. The Morgan fingerprint density at radius 2 is 2.13 bits per heavy atom. The van der Waals surface area contributed by atoms with Crippen LogP contribution in [-0.4, -0.2) is 28.1 Å². The molecule has 0 aromatic carbocycles. The number of carbonyl (C=O) groups excluding carboxylic acids is 2. The van der Waals surface area contributed by atoms with E-state index in [1.54, 1.807) is 19.1 Å². The van der Waals surface area contributed by atoms with E-state index in [1.165, 1.54) is 0 Å². The largest absolute Gasteiger partial charge is 0.453 e. The van der Waals surface area contributed by atoms with Gasteiger partial charge in [-0.3, -0.25) is 4.79 Å². The molecule has 7 heteroatoms. The Bertz CT molecular complexity index is 751. The summed E-state index contributed by atoms with van der Waals surface area (Å²) in [7, 11) is 0. The third kappa shape index (κ3) is 3.18. The molecular weight excluding hydrogens is 298 g/mol. The molecule has 2 N–H and O–H groups in total. The lowest BCUT2D eigenvalue weighted by molar-refractivity contribution is 0.0474. The molecule has 0 amide bonds. The molecule has 0 saturated carbocycles. The second-order valence-electron chi connectivity index (χ2n) is 5.19. The summed E-state index contributed by atoms with van der Waals surface area (Å²) in [6.07, 6.45) is 1.76. The predicted octanol–water partition coefficient (Wildman–Crippen LogP) is 2.21. The maximum atomic E-state index is 12.3. The van der Waals surface area contributed by atoms with E-state index >= 15 is 0 Å². The summed E-state index contributed by atoms with van der Waals surface area (Å²) in [6, 6.07) is 1.77. The van der Waals surface area contributed by atoms with Crippen LogP contribution in [0.3, 0.4) is 0 Å². The average molecular weight is 317 g/mol. The summed E-state index contributed by atoms with van der Waals surface area (Å²) in [4.78, 5) is 24.3. The van der Waals surface area contributed by atoms with Crippen LogP contribution < -0.4 is 5.73 Å². The highest BCUT2D eigenvalue weighted by Gasteiger charge is 2.22. The summed E-state index contributed by atoms with van der Waals surface area (Å²) < 4.78 is 11.7. The number of aromatic nitrogens is 2. The van der Waals surface area contributed by atoms with Crippen molar-refractivity contribution in [2.45, 2.75) is 27.3 Å². The van der Waals surface area contributed by atoms with Crippen LogP contribution in [0.2, 0.25) is 0 Å². The van der Waals surface area contributed by atoms with E-state index in [4.69, 9.17) is 15.0 Å². The van der Waals surface area contributed by atoms with Gasteiger partial charge < -0.3 is 19.6 Å². The second kappa shape index (κ2) is 6.51. The van der Waals surface area contributed by atoms with Gasteiger partial charge in [-0.1, -0.05) is 11.2 Å². The molecule has 23 heavy (non-hydrogen) atoms. The van der Waals surface area contributed by atoms with Gasteiger partial charge in [0.25, 0.3) is 0 Å². The smallest absolute Gasteiger partial charge is 0.346 e. The highest BCUT2D eigenvalue weighted by Crippen LogP contribution is 2.18. The predicted molar refractivity (Wildman–Crippen MR) is 84.4 cm³/mol. The van der Waals surface area contributed by atoms with Crippen molar-refractivity contribution in [3.05, 3.63) is 46.9 Å². The van der Waals surface area contributed by atoms with Gasteiger partial charge in [-0.25, -0.2) is 4.79 Å². The number of nitrogen functional groups attached to an aromatic ring is 1. The summed E-state index contributed by atoms with van der Waals surface area (Å²) >= 11 is 0. The van der Waals surface area contributed by atoms with E-state index in [9.17, 15) is 9.59 Å². The summed E-state index contributed by atoms with van der Waals surface area (Å²) in [6.45, 7) is 9.25. The Kier molecular flexibility index (Phi) is 4.68. The minimum Gasteiger partial charge on any atom is -0.453 e. The first-order chi connectivity index (χ1) is 10.9. The van der Waals surface area contributed by atoms with Gasteiger partial charge in [0.15, 0.2) is 6.61 Å². The number of nitrogens with two attached hydrogens (primary N) is 1. The molecule has 0 radical (unpaired) electrons. The number of ether oxygens (including phenoxy) is 1. The number of anilines is 1. The van der Waals surface area contributed by atoms with E-state index in [2.05, 4.69) is 11.7 Å². The molecule has 2 heterocycles. The van der Waals surface area contributed by atoms with Crippen molar-refractivity contribution in [3.63, 3.8) is 0 Å². The molecule has 0 unspecified atom stereocenters. The van der Waals surface area contributed by atoms with Crippen molar-refractivity contribution in [1.82, 2.24) is 9.72 Å². The topological polar surface area (TPSA) is 100 Å². The third-order valence-electron chi connectivity index (χ3n) is 3.61. The fourth-order valence-electron chi connectivity index (χ4n) is 2.41. The maximum absolute atomic E-state index is 12.3. The highest BCUT2D eigenvalue weighted by molar-refractivity contribution is 6.01. The molecule has 0 atom stereocenters. The van der Waals surface area contributed by atoms with Gasteiger partial charge in [-0.15, -0.1) is 6.58 Å². The first-order valence-electron chi connectivity index (χ1n) is 7.06. The van der Waals surface area contributed by atoms with Crippen LogP contribution in [0.15, 0.2) is 23.2 Å². The van der Waals surface area contributed by atoms with Crippen LogP contribution >= 0.6 is 0 Å². The van der Waals surface area contributed by atoms with Gasteiger partial charge >= 0.3 is 5.97 Å². The van der Waals surface area contributed by atoms with Crippen LogP contribution in [0.5, 0.6) is 0 Å². The Balaban J connectivity index is 2.10. The fraction of sp³-hybridized carbons (Fsp3) is 0.312. The molecule has 2 aromatic rings. The zero-order valence-corrected chi connectivity index (χ0v) is 13.4. The number of Topliss-reactive ketones (excluding diaryl/α,β-unsaturated/α-hetero) is 1. The van der Waals surface area contributed by atoms with Crippen LogP contribution in [0.25, 0.3) is 0 Å². The molecule has 0 spiro atoms. The molecule has 0 aliphatic heterocycles. The van der Waals surface area contributed by atoms with Gasteiger partial charge in [0.2, 0.25) is 11.7 Å². The van der Waals surface area contributed by atoms with Crippen molar-refractivity contribution in [1.29, 1.82) is 0 Å². The van der Waals surface area contributed by atoms with Crippen LogP contribution in [0, 0.1) is 20.8 Å². The summed E-state index contributed by atoms with van der Waals surface area (Å²) in [5.74, 6) is -1.13. The minimum absolute atomic E-state index is 0.0509. The van der Waals surface area contributed by atoms with Crippen molar-refractivity contribution >= 4 is 17.6 Å². The Morgan fingerprint density at radius 1 is 1.43 bits per heavy atom. The Hall–Kier alpha value is -2.83.